The summed E-state index contributed by atoms with van der Waals surface area (Å²) in [5.74, 6) is -1.93. The van der Waals surface area contributed by atoms with Gasteiger partial charge in [-0.15, -0.1) is 0 Å². The Morgan fingerprint density at radius 2 is 2.33 bits per heavy atom. The number of anilines is 1. The number of carbonyl (C=O) groups excluding carboxylic acids is 1. The van der Waals surface area contributed by atoms with Crippen LogP contribution in [-0.4, -0.2) is 23.0 Å². The molecule has 9 heteroatoms. The lowest BCUT2D eigenvalue weighted by Gasteiger charge is -2.08. The molecule has 0 saturated carbocycles. The third kappa shape index (κ3) is 3.14. The second kappa shape index (κ2) is 5.99. The van der Waals surface area contributed by atoms with Gasteiger partial charge in [-0.1, -0.05) is 0 Å². The van der Waals surface area contributed by atoms with E-state index in [9.17, 15) is 19.3 Å². The summed E-state index contributed by atoms with van der Waals surface area (Å²) in [5.41, 5.74) is -0.578. The molecule has 0 unspecified atom stereocenters. The van der Waals surface area contributed by atoms with Crippen LogP contribution in [0, 0.1) is 15.9 Å². The summed E-state index contributed by atoms with van der Waals surface area (Å²) >= 11 is 0. The van der Waals surface area contributed by atoms with Gasteiger partial charge in [0.2, 0.25) is 5.82 Å². The number of nitrogens with one attached hydrogen (secondary N) is 1. The summed E-state index contributed by atoms with van der Waals surface area (Å²) in [6.07, 6.45) is 2.52. The van der Waals surface area contributed by atoms with Gasteiger partial charge in [-0.05, 0) is 12.1 Å². The number of nitrogens with zero attached hydrogens (tertiary/aromatic N) is 2. The molecule has 0 aliphatic carbocycles. The van der Waals surface area contributed by atoms with E-state index in [2.05, 4.69) is 15.0 Å². The van der Waals surface area contributed by atoms with E-state index >= 15 is 0 Å². The summed E-state index contributed by atoms with van der Waals surface area (Å²) in [7, 11) is 1.13. The first-order chi connectivity index (χ1) is 10.0. The molecule has 0 bridgehead atoms. The largest absolute Gasteiger partial charge is 0.465 e. The van der Waals surface area contributed by atoms with Crippen LogP contribution in [0.5, 0.6) is 0 Å². The number of hydrogen-bond donors (Lipinski definition) is 1. The predicted molar refractivity (Wildman–Crippen MR) is 68.2 cm³/mol. The fourth-order valence-electron chi connectivity index (χ4n) is 1.67. The Kier molecular flexibility index (Phi) is 4.12. The summed E-state index contributed by atoms with van der Waals surface area (Å²) in [5, 5.41) is 13.6. The molecule has 1 heterocycles. The number of esters is 1. The minimum atomic E-state index is -1.13. The van der Waals surface area contributed by atoms with Crippen LogP contribution in [0.25, 0.3) is 0 Å². The monoisotopic (exact) mass is 295 g/mol. The van der Waals surface area contributed by atoms with Crippen LogP contribution in [0.1, 0.15) is 16.1 Å². The van der Waals surface area contributed by atoms with Gasteiger partial charge >= 0.3 is 11.7 Å². The van der Waals surface area contributed by atoms with Crippen LogP contribution in [0.2, 0.25) is 0 Å². The molecule has 0 aliphatic rings. The van der Waals surface area contributed by atoms with Gasteiger partial charge in [0.1, 0.15) is 12.0 Å². The summed E-state index contributed by atoms with van der Waals surface area (Å²) in [6.45, 7) is 0.0708. The maximum atomic E-state index is 13.8. The maximum Gasteiger partial charge on any atom is 0.338 e. The number of nitro benzene ring substituents is 1. The number of nitro groups is 1. The smallest absolute Gasteiger partial charge is 0.338 e. The highest BCUT2D eigenvalue weighted by Crippen LogP contribution is 2.30. The first-order valence-electron chi connectivity index (χ1n) is 5.70. The minimum absolute atomic E-state index is 0.0708. The van der Waals surface area contributed by atoms with Gasteiger partial charge in [-0.25, -0.2) is 9.78 Å². The number of benzene rings is 1. The van der Waals surface area contributed by atoms with Crippen LogP contribution < -0.4 is 5.32 Å². The Morgan fingerprint density at radius 3 is 2.90 bits per heavy atom. The lowest BCUT2D eigenvalue weighted by molar-refractivity contribution is -0.386. The van der Waals surface area contributed by atoms with E-state index in [-0.39, 0.29) is 17.8 Å². The van der Waals surface area contributed by atoms with Gasteiger partial charge < -0.3 is 14.5 Å². The zero-order valence-corrected chi connectivity index (χ0v) is 10.8. The molecular formula is C12H10FN3O5. The maximum absolute atomic E-state index is 13.8. The van der Waals surface area contributed by atoms with Gasteiger partial charge in [0, 0.05) is 0 Å². The highest BCUT2D eigenvalue weighted by molar-refractivity contribution is 5.91. The number of aromatic nitrogens is 1. The summed E-state index contributed by atoms with van der Waals surface area (Å²) in [4.78, 5) is 25.3. The molecule has 110 valence electrons. The summed E-state index contributed by atoms with van der Waals surface area (Å²) in [6, 6.07) is 1.90. The van der Waals surface area contributed by atoms with Crippen molar-refractivity contribution in [2.24, 2.45) is 0 Å². The number of methoxy groups -OCH3 is 1. The number of ether oxygens (including phenoxy) is 1. The normalized spacial score (nSPS) is 10.2. The molecule has 2 rings (SSSR count). The SMILES string of the molecule is COC(=O)c1cc(F)c([N+](=O)[O-])c(NCc2cocn2)c1. The first kappa shape index (κ1) is 14.4. The zero-order chi connectivity index (χ0) is 15.4. The lowest BCUT2D eigenvalue weighted by Crippen LogP contribution is -2.08. The molecule has 1 N–H and O–H groups in total. The van der Waals surface area contributed by atoms with Crippen LogP contribution >= 0.6 is 0 Å². The molecule has 8 nitrogen and oxygen atoms in total. The Hall–Kier alpha value is -2.97. The van der Waals surface area contributed by atoms with E-state index in [1.165, 1.54) is 12.7 Å². The molecule has 0 fully saturated rings. The molecule has 1 aromatic heterocycles. The molecule has 0 amide bonds. The van der Waals surface area contributed by atoms with E-state index in [0.29, 0.717) is 5.69 Å². The topological polar surface area (TPSA) is 108 Å². The quantitative estimate of drug-likeness (QED) is 0.511. The van der Waals surface area contributed by atoms with Gasteiger partial charge in [0.25, 0.3) is 0 Å². The van der Waals surface area contributed by atoms with Crippen molar-refractivity contribution in [3.63, 3.8) is 0 Å². The molecule has 0 radical (unpaired) electrons. The molecule has 0 aliphatic heterocycles. The van der Waals surface area contributed by atoms with Crippen molar-refractivity contribution in [1.82, 2.24) is 4.98 Å². The predicted octanol–water partition coefficient (Wildman–Crippen LogP) is 2.12. The van der Waals surface area contributed by atoms with Crippen molar-refractivity contribution < 1.29 is 23.3 Å². The van der Waals surface area contributed by atoms with Crippen LogP contribution in [-0.2, 0) is 11.3 Å². The minimum Gasteiger partial charge on any atom is -0.465 e. The number of halogens is 1. The van der Waals surface area contributed by atoms with E-state index in [1.807, 2.05) is 0 Å². The van der Waals surface area contributed by atoms with Crippen LogP contribution in [0.15, 0.2) is 29.2 Å². The number of carbonyl (C=O) groups is 1. The van der Waals surface area contributed by atoms with Gasteiger partial charge in [-0.3, -0.25) is 10.1 Å². The van der Waals surface area contributed by atoms with Gasteiger partial charge in [-0.2, -0.15) is 4.39 Å². The average molecular weight is 295 g/mol. The highest BCUT2D eigenvalue weighted by Gasteiger charge is 2.24. The second-order valence-electron chi connectivity index (χ2n) is 3.94. The van der Waals surface area contributed by atoms with Crippen molar-refractivity contribution in [3.05, 3.63) is 52.0 Å². The molecule has 21 heavy (non-hydrogen) atoms. The Labute approximate surface area is 117 Å². The Morgan fingerprint density at radius 1 is 1.57 bits per heavy atom. The van der Waals surface area contributed by atoms with E-state index in [4.69, 9.17) is 4.42 Å². The van der Waals surface area contributed by atoms with Crippen molar-refractivity contribution in [3.8, 4) is 0 Å². The van der Waals surface area contributed by atoms with Gasteiger partial charge in [0.05, 0.1) is 29.8 Å². The van der Waals surface area contributed by atoms with E-state index < -0.39 is 22.4 Å². The Balaban J connectivity index is 2.37. The molecule has 1 aromatic carbocycles. The fourth-order valence-corrected chi connectivity index (χ4v) is 1.67. The summed E-state index contributed by atoms with van der Waals surface area (Å²) < 4.78 is 23.0. The number of oxazole rings is 1. The zero-order valence-electron chi connectivity index (χ0n) is 10.8. The Bertz CT molecular complexity index is 672. The van der Waals surface area contributed by atoms with Gasteiger partial charge in [0.15, 0.2) is 6.39 Å². The molecule has 0 spiro atoms. The molecule has 0 atom stereocenters. The van der Waals surface area contributed by atoms with Crippen LogP contribution in [0.4, 0.5) is 15.8 Å². The average Bonchev–Trinajstić information content (AvgIpc) is 2.96. The standard InChI is InChI=1S/C12H10FN3O5/c1-20-12(17)7-2-9(13)11(16(18)19)10(3-7)14-4-8-5-21-6-15-8/h2-3,5-6,14H,4H2,1H3. The van der Waals surface area contributed by atoms with E-state index in [1.54, 1.807) is 0 Å². The van der Waals surface area contributed by atoms with Crippen molar-refractivity contribution in [1.29, 1.82) is 0 Å². The van der Waals surface area contributed by atoms with Crippen molar-refractivity contribution in [2.75, 3.05) is 12.4 Å². The fraction of sp³-hybridized carbons (Fsp3) is 0.167. The second-order valence-corrected chi connectivity index (χ2v) is 3.94. The van der Waals surface area contributed by atoms with Crippen molar-refractivity contribution in [2.45, 2.75) is 6.54 Å². The first-order valence-corrected chi connectivity index (χ1v) is 5.70. The third-order valence-corrected chi connectivity index (χ3v) is 2.61. The van der Waals surface area contributed by atoms with Crippen LogP contribution in [0.3, 0.4) is 0 Å². The van der Waals surface area contributed by atoms with Crippen molar-refractivity contribution >= 4 is 17.3 Å². The lowest BCUT2D eigenvalue weighted by atomic mass is 10.1. The number of hydrogen-bond acceptors (Lipinski definition) is 7. The highest BCUT2D eigenvalue weighted by atomic mass is 19.1. The number of rotatable bonds is 5. The third-order valence-electron chi connectivity index (χ3n) is 2.61. The van der Waals surface area contributed by atoms with E-state index in [0.717, 1.165) is 19.2 Å². The molecular weight excluding hydrogens is 285 g/mol. The molecule has 2 aromatic rings. The molecule has 0 saturated heterocycles.